The molecule has 1 aliphatic heterocycles. The van der Waals surface area contributed by atoms with Crippen LogP contribution in [0, 0.1) is 5.82 Å². The van der Waals surface area contributed by atoms with Crippen LogP contribution < -0.4 is 4.74 Å². The number of likely N-dealkylation sites (tertiary alicyclic amines) is 1. The first-order chi connectivity index (χ1) is 15.1. The van der Waals surface area contributed by atoms with E-state index in [4.69, 9.17) is 4.74 Å². The molecule has 0 atom stereocenters. The van der Waals surface area contributed by atoms with Gasteiger partial charge in [0.1, 0.15) is 11.6 Å². The number of aromatic nitrogens is 1. The van der Waals surface area contributed by atoms with Crippen molar-refractivity contribution in [1.29, 1.82) is 0 Å². The minimum absolute atomic E-state index is 0.0991. The summed E-state index contributed by atoms with van der Waals surface area (Å²) in [7, 11) is 1.69. The van der Waals surface area contributed by atoms with Gasteiger partial charge in [0.05, 0.1) is 13.7 Å². The molecule has 1 aromatic heterocycles. The Morgan fingerprint density at radius 1 is 1.23 bits per heavy atom. The fourth-order valence-corrected chi connectivity index (χ4v) is 4.51. The van der Waals surface area contributed by atoms with Gasteiger partial charge in [-0.1, -0.05) is 12.1 Å². The van der Waals surface area contributed by atoms with E-state index in [0.29, 0.717) is 25.6 Å². The first kappa shape index (κ1) is 21.4. The summed E-state index contributed by atoms with van der Waals surface area (Å²) in [6, 6.07) is 12.6. The molecular formula is C25H30FN3O2. The van der Waals surface area contributed by atoms with E-state index in [1.54, 1.807) is 18.1 Å². The second-order valence-electron chi connectivity index (χ2n) is 8.24. The molecule has 2 aromatic carbocycles. The minimum atomic E-state index is -0.266. The van der Waals surface area contributed by atoms with E-state index in [-0.39, 0.29) is 11.7 Å². The third-order valence-electron chi connectivity index (χ3n) is 6.30. The number of nitrogens with one attached hydrogen (secondary N) is 1. The summed E-state index contributed by atoms with van der Waals surface area (Å²) < 4.78 is 18.9. The summed E-state index contributed by atoms with van der Waals surface area (Å²) in [4.78, 5) is 20.3. The van der Waals surface area contributed by atoms with E-state index in [1.165, 1.54) is 23.1 Å². The molecule has 6 heteroatoms. The molecule has 0 aliphatic carbocycles. The number of methoxy groups -OCH3 is 1. The van der Waals surface area contributed by atoms with Gasteiger partial charge in [-0.2, -0.15) is 0 Å². The van der Waals surface area contributed by atoms with Crippen LogP contribution in [0.4, 0.5) is 4.39 Å². The molecule has 1 fully saturated rings. The largest absolute Gasteiger partial charge is 0.497 e. The topological polar surface area (TPSA) is 48.6 Å². The lowest BCUT2D eigenvalue weighted by molar-refractivity contribution is -0.133. The number of fused-ring (bicyclic) bond motifs is 1. The van der Waals surface area contributed by atoms with Crippen molar-refractivity contribution >= 4 is 16.8 Å². The molecule has 4 rings (SSSR count). The van der Waals surface area contributed by atoms with Crippen LogP contribution in [-0.2, 0) is 11.3 Å². The molecule has 0 saturated carbocycles. The number of likely N-dealkylation sites (N-methyl/N-ethyl adjacent to an activating group) is 1. The molecule has 0 unspecified atom stereocenters. The van der Waals surface area contributed by atoms with Crippen LogP contribution in [0.2, 0.25) is 0 Å². The van der Waals surface area contributed by atoms with Crippen molar-refractivity contribution in [2.45, 2.75) is 32.2 Å². The minimum Gasteiger partial charge on any atom is -0.497 e. The number of halogens is 1. The number of hydrogen-bond donors (Lipinski definition) is 1. The van der Waals surface area contributed by atoms with Gasteiger partial charge >= 0.3 is 0 Å². The van der Waals surface area contributed by atoms with Crippen molar-refractivity contribution in [3.63, 3.8) is 0 Å². The highest BCUT2D eigenvalue weighted by atomic mass is 19.1. The number of aromatic amines is 1. The maximum Gasteiger partial charge on any atom is 0.237 e. The van der Waals surface area contributed by atoms with Crippen molar-refractivity contribution in [2.24, 2.45) is 0 Å². The highest BCUT2D eigenvalue weighted by Gasteiger charge is 2.25. The highest BCUT2D eigenvalue weighted by Crippen LogP contribution is 2.34. The van der Waals surface area contributed by atoms with Gasteiger partial charge in [-0.05, 0) is 80.2 Å². The molecule has 0 radical (unpaired) electrons. The standard InChI is InChI=1S/C25H30FN3O2/c1-3-29(16-18-5-4-6-20(26)13-18)25(30)17-28-11-9-19(10-12-28)23-15-27-24-8-7-21(31-2)14-22(23)24/h4-8,13-15,19,27H,3,9-12,16-17H2,1-2H3. The quantitative estimate of drug-likeness (QED) is 0.607. The molecule has 3 aromatic rings. The Morgan fingerprint density at radius 3 is 2.74 bits per heavy atom. The van der Waals surface area contributed by atoms with Gasteiger partial charge in [0, 0.05) is 30.2 Å². The van der Waals surface area contributed by atoms with Gasteiger partial charge in [0.15, 0.2) is 0 Å². The average molecular weight is 424 g/mol. The van der Waals surface area contributed by atoms with E-state index >= 15 is 0 Å². The predicted octanol–water partition coefficient (Wildman–Crippen LogP) is 4.54. The third-order valence-corrected chi connectivity index (χ3v) is 6.30. The van der Waals surface area contributed by atoms with Crippen LogP contribution >= 0.6 is 0 Å². The molecule has 1 amide bonds. The van der Waals surface area contributed by atoms with Gasteiger partial charge in [-0.15, -0.1) is 0 Å². The Labute approximate surface area is 182 Å². The number of ether oxygens (including phenoxy) is 1. The SMILES string of the molecule is CCN(Cc1cccc(F)c1)C(=O)CN1CCC(c2c[nH]c3ccc(OC)cc23)CC1. The Hall–Kier alpha value is -2.86. The molecule has 164 valence electrons. The number of H-pyrrole nitrogens is 1. The number of carbonyl (C=O) groups is 1. The average Bonchev–Trinajstić information content (AvgIpc) is 3.21. The van der Waals surface area contributed by atoms with Gasteiger partial charge in [0.25, 0.3) is 0 Å². The molecule has 2 heterocycles. The second-order valence-corrected chi connectivity index (χ2v) is 8.24. The number of piperidine rings is 1. The monoisotopic (exact) mass is 423 g/mol. The van der Waals surface area contributed by atoms with Crippen molar-refractivity contribution in [2.75, 3.05) is 33.3 Å². The summed E-state index contributed by atoms with van der Waals surface area (Å²) in [5.41, 5.74) is 3.29. The maximum absolute atomic E-state index is 13.5. The van der Waals surface area contributed by atoms with Gasteiger partial charge in [-0.3, -0.25) is 9.69 Å². The summed E-state index contributed by atoms with van der Waals surface area (Å²) >= 11 is 0. The molecule has 31 heavy (non-hydrogen) atoms. The van der Waals surface area contributed by atoms with E-state index in [1.807, 2.05) is 19.1 Å². The van der Waals surface area contributed by atoms with Gasteiger partial charge in [0.2, 0.25) is 5.91 Å². The molecule has 1 saturated heterocycles. The number of benzene rings is 2. The maximum atomic E-state index is 13.5. The van der Waals surface area contributed by atoms with Crippen molar-refractivity contribution in [3.05, 3.63) is 65.6 Å². The zero-order valence-corrected chi connectivity index (χ0v) is 18.2. The third kappa shape index (κ3) is 4.90. The zero-order chi connectivity index (χ0) is 21.8. The Balaban J connectivity index is 1.35. The van der Waals surface area contributed by atoms with Crippen LogP contribution in [0.15, 0.2) is 48.7 Å². The van der Waals surface area contributed by atoms with Crippen molar-refractivity contribution in [3.8, 4) is 5.75 Å². The van der Waals surface area contributed by atoms with E-state index in [2.05, 4.69) is 28.2 Å². The van der Waals surface area contributed by atoms with Crippen LogP contribution in [0.1, 0.15) is 36.8 Å². The lowest BCUT2D eigenvalue weighted by Crippen LogP contribution is -2.42. The summed E-state index contributed by atoms with van der Waals surface area (Å²) in [5, 5.41) is 1.22. The molecule has 1 N–H and O–H groups in total. The molecular weight excluding hydrogens is 393 g/mol. The number of amides is 1. The summed E-state index contributed by atoms with van der Waals surface area (Å²) in [5.74, 6) is 1.18. The van der Waals surface area contributed by atoms with Gasteiger partial charge in [-0.25, -0.2) is 4.39 Å². The Bertz CT molecular complexity index is 1040. The number of carbonyl (C=O) groups excluding carboxylic acids is 1. The van der Waals surface area contributed by atoms with E-state index < -0.39 is 0 Å². The lowest BCUT2D eigenvalue weighted by atomic mass is 9.89. The predicted molar refractivity (Wildman–Crippen MR) is 121 cm³/mol. The Morgan fingerprint density at radius 2 is 2.03 bits per heavy atom. The van der Waals surface area contributed by atoms with Crippen molar-refractivity contribution < 1.29 is 13.9 Å². The zero-order valence-electron chi connectivity index (χ0n) is 18.2. The summed E-state index contributed by atoms with van der Waals surface area (Å²) in [6.07, 6.45) is 4.16. The van der Waals surface area contributed by atoms with Crippen molar-refractivity contribution in [1.82, 2.24) is 14.8 Å². The Kier molecular flexibility index (Phi) is 6.56. The van der Waals surface area contributed by atoms with E-state index in [9.17, 15) is 9.18 Å². The molecule has 1 aliphatic rings. The van der Waals surface area contributed by atoms with Crippen LogP contribution in [0.5, 0.6) is 5.75 Å². The molecule has 5 nitrogen and oxygen atoms in total. The number of nitrogens with zero attached hydrogens (tertiary/aromatic N) is 2. The first-order valence-electron chi connectivity index (χ1n) is 11.0. The van der Waals surface area contributed by atoms with Crippen LogP contribution in [0.25, 0.3) is 10.9 Å². The normalized spacial score (nSPS) is 15.3. The molecule has 0 bridgehead atoms. The fraction of sp³-hybridized carbons (Fsp3) is 0.400. The lowest BCUT2D eigenvalue weighted by Gasteiger charge is -2.33. The van der Waals surface area contributed by atoms with Gasteiger partial charge < -0.3 is 14.6 Å². The van der Waals surface area contributed by atoms with Crippen LogP contribution in [0.3, 0.4) is 0 Å². The second kappa shape index (κ2) is 9.52. The highest BCUT2D eigenvalue weighted by molar-refractivity contribution is 5.85. The van der Waals surface area contributed by atoms with E-state index in [0.717, 1.165) is 42.8 Å². The smallest absolute Gasteiger partial charge is 0.237 e. The molecule has 0 spiro atoms. The number of rotatable bonds is 7. The number of hydrogen-bond acceptors (Lipinski definition) is 3. The van der Waals surface area contributed by atoms with Crippen LogP contribution in [-0.4, -0.2) is 54.0 Å². The fourth-order valence-electron chi connectivity index (χ4n) is 4.51. The summed E-state index contributed by atoms with van der Waals surface area (Å²) in [6.45, 7) is 5.23. The first-order valence-corrected chi connectivity index (χ1v) is 11.0.